The number of ether oxygens (including phenoxy) is 1. The summed E-state index contributed by atoms with van der Waals surface area (Å²) in [7, 11) is 0. The van der Waals surface area contributed by atoms with Gasteiger partial charge < -0.3 is 10.1 Å². The van der Waals surface area contributed by atoms with Crippen molar-refractivity contribution in [2.24, 2.45) is 11.3 Å². The highest BCUT2D eigenvalue weighted by molar-refractivity contribution is 5.11. The minimum atomic E-state index is 0.360. The van der Waals surface area contributed by atoms with Crippen LogP contribution in [-0.4, -0.2) is 24.8 Å². The molecular weight excluding hydrogens is 198 g/mol. The van der Waals surface area contributed by atoms with E-state index in [1.54, 1.807) is 0 Å². The van der Waals surface area contributed by atoms with E-state index < -0.39 is 0 Å². The van der Waals surface area contributed by atoms with Gasteiger partial charge in [-0.15, -0.1) is 0 Å². The Kier molecular flexibility index (Phi) is 2.75. The summed E-state index contributed by atoms with van der Waals surface area (Å²) in [5.41, 5.74) is 0.360. The highest BCUT2D eigenvalue weighted by atomic mass is 16.5. The topological polar surface area (TPSA) is 21.3 Å². The number of hydrogen-bond acceptors (Lipinski definition) is 2. The fourth-order valence-electron chi connectivity index (χ4n) is 4.19. The molecule has 0 bridgehead atoms. The predicted molar refractivity (Wildman–Crippen MR) is 65.4 cm³/mol. The van der Waals surface area contributed by atoms with Crippen molar-refractivity contribution >= 4 is 0 Å². The molecule has 3 unspecified atom stereocenters. The van der Waals surface area contributed by atoms with E-state index in [2.05, 4.69) is 19.2 Å². The third-order valence-corrected chi connectivity index (χ3v) is 5.12. The molecule has 1 heterocycles. The average molecular weight is 223 g/mol. The third-order valence-electron chi connectivity index (χ3n) is 5.12. The third kappa shape index (κ3) is 1.62. The van der Waals surface area contributed by atoms with E-state index in [1.807, 2.05) is 0 Å². The van der Waals surface area contributed by atoms with Crippen molar-refractivity contribution in [3.63, 3.8) is 0 Å². The van der Waals surface area contributed by atoms with Gasteiger partial charge in [-0.25, -0.2) is 0 Å². The Balaban J connectivity index is 1.61. The summed E-state index contributed by atoms with van der Waals surface area (Å²) in [6.07, 6.45) is 8.90. The second kappa shape index (κ2) is 3.99. The van der Waals surface area contributed by atoms with Gasteiger partial charge >= 0.3 is 0 Å². The zero-order chi connectivity index (χ0) is 11.2. The molecule has 2 aliphatic carbocycles. The molecule has 1 saturated heterocycles. The van der Waals surface area contributed by atoms with Crippen LogP contribution in [0.1, 0.15) is 52.4 Å². The van der Waals surface area contributed by atoms with E-state index in [0.29, 0.717) is 17.6 Å². The molecule has 92 valence electrons. The van der Waals surface area contributed by atoms with Crippen LogP contribution in [-0.2, 0) is 4.74 Å². The second-order valence-corrected chi connectivity index (χ2v) is 6.54. The molecule has 0 radical (unpaired) electrons. The summed E-state index contributed by atoms with van der Waals surface area (Å²) >= 11 is 0. The Morgan fingerprint density at radius 1 is 1.06 bits per heavy atom. The lowest BCUT2D eigenvalue weighted by Gasteiger charge is -2.56. The predicted octanol–water partition coefficient (Wildman–Crippen LogP) is 2.72. The van der Waals surface area contributed by atoms with Crippen LogP contribution in [0, 0.1) is 11.3 Å². The molecule has 3 fully saturated rings. The first-order valence-electron chi connectivity index (χ1n) is 7.07. The summed E-state index contributed by atoms with van der Waals surface area (Å²) in [5, 5.41) is 3.94. The summed E-state index contributed by atoms with van der Waals surface area (Å²) in [5.74, 6) is 0.803. The first-order valence-corrected chi connectivity index (χ1v) is 7.07. The Labute approximate surface area is 99.1 Å². The molecule has 3 atom stereocenters. The van der Waals surface area contributed by atoms with Gasteiger partial charge in [-0.2, -0.15) is 0 Å². The van der Waals surface area contributed by atoms with Crippen LogP contribution < -0.4 is 5.32 Å². The number of nitrogens with one attached hydrogen (secondary N) is 1. The van der Waals surface area contributed by atoms with Crippen LogP contribution in [0.3, 0.4) is 0 Å². The van der Waals surface area contributed by atoms with Crippen molar-refractivity contribution in [1.29, 1.82) is 0 Å². The standard InChI is InChI=1S/C14H25NO/c1-14(2)12(11-8-9-16-13(11)14)15-10-6-4-3-5-7-10/h10-13,15H,3-9H2,1-2H3. The minimum absolute atomic E-state index is 0.360. The molecule has 1 aliphatic heterocycles. The second-order valence-electron chi connectivity index (χ2n) is 6.54. The van der Waals surface area contributed by atoms with Gasteiger partial charge in [0.15, 0.2) is 0 Å². The zero-order valence-corrected chi connectivity index (χ0v) is 10.7. The maximum atomic E-state index is 5.85. The molecule has 2 heteroatoms. The first kappa shape index (κ1) is 11.0. The SMILES string of the molecule is CC1(C)C(NC2CCCCC2)C2CCOC21. The van der Waals surface area contributed by atoms with E-state index in [-0.39, 0.29) is 0 Å². The van der Waals surface area contributed by atoms with E-state index in [0.717, 1.165) is 18.6 Å². The Morgan fingerprint density at radius 2 is 1.81 bits per heavy atom. The first-order chi connectivity index (χ1) is 7.69. The fourth-order valence-corrected chi connectivity index (χ4v) is 4.19. The van der Waals surface area contributed by atoms with Gasteiger partial charge in [0.1, 0.15) is 0 Å². The maximum absolute atomic E-state index is 5.85. The molecule has 2 nitrogen and oxygen atoms in total. The Morgan fingerprint density at radius 3 is 2.56 bits per heavy atom. The number of rotatable bonds is 2. The quantitative estimate of drug-likeness (QED) is 0.777. The van der Waals surface area contributed by atoms with E-state index in [4.69, 9.17) is 4.74 Å². The van der Waals surface area contributed by atoms with Crippen LogP contribution in [0.15, 0.2) is 0 Å². The van der Waals surface area contributed by atoms with Gasteiger partial charge in [0, 0.05) is 30.0 Å². The molecule has 0 aromatic rings. The summed E-state index contributed by atoms with van der Waals surface area (Å²) in [4.78, 5) is 0. The van der Waals surface area contributed by atoms with Gasteiger partial charge in [0.2, 0.25) is 0 Å². The van der Waals surface area contributed by atoms with E-state index in [9.17, 15) is 0 Å². The van der Waals surface area contributed by atoms with E-state index in [1.165, 1.54) is 38.5 Å². The van der Waals surface area contributed by atoms with Crippen LogP contribution in [0.5, 0.6) is 0 Å². The molecule has 16 heavy (non-hydrogen) atoms. The molecule has 0 spiro atoms. The monoisotopic (exact) mass is 223 g/mol. The van der Waals surface area contributed by atoms with Crippen LogP contribution in [0.4, 0.5) is 0 Å². The van der Waals surface area contributed by atoms with Gasteiger partial charge in [0.05, 0.1) is 6.10 Å². The highest BCUT2D eigenvalue weighted by Gasteiger charge is 2.59. The van der Waals surface area contributed by atoms with Crippen LogP contribution in [0.2, 0.25) is 0 Å². The van der Waals surface area contributed by atoms with Crippen molar-refractivity contribution in [3.05, 3.63) is 0 Å². The maximum Gasteiger partial charge on any atom is 0.0685 e. The molecule has 0 aromatic carbocycles. The van der Waals surface area contributed by atoms with Crippen LogP contribution >= 0.6 is 0 Å². The molecule has 1 N–H and O–H groups in total. The van der Waals surface area contributed by atoms with Crippen molar-refractivity contribution in [1.82, 2.24) is 5.32 Å². The van der Waals surface area contributed by atoms with E-state index >= 15 is 0 Å². The zero-order valence-electron chi connectivity index (χ0n) is 10.7. The Bertz CT molecular complexity index is 257. The molecule has 3 aliphatic rings. The molecular formula is C14H25NO. The number of fused-ring (bicyclic) bond motifs is 1. The summed E-state index contributed by atoms with van der Waals surface area (Å²) in [6, 6.07) is 1.50. The van der Waals surface area contributed by atoms with Gasteiger partial charge in [-0.05, 0) is 19.3 Å². The summed E-state index contributed by atoms with van der Waals surface area (Å²) in [6.45, 7) is 5.74. The molecule has 2 saturated carbocycles. The molecule has 0 aromatic heterocycles. The van der Waals surface area contributed by atoms with Crippen molar-refractivity contribution in [3.8, 4) is 0 Å². The molecule has 3 rings (SSSR count). The van der Waals surface area contributed by atoms with Gasteiger partial charge in [-0.3, -0.25) is 0 Å². The summed E-state index contributed by atoms with van der Waals surface area (Å²) < 4.78 is 5.85. The Hall–Kier alpha value is -0.0800. The lowest BCUT2D eigenvalue weighted by Crippen LogP contribution is -2.67. The smallest absolute Gasteiger partial charge is 0.0685 e. The largest absolute Gasteiger partial charge is 0.377 e. The van der Waals surface area contributed by atoms with Crippen molar-refractivity contribution in [2.75, 3.05) is 6.61 Å². The van der Waals surface area contributed by atoms with Gasteiger partial charge in [-0.1, -0.05) is 33.1 Å². The molecule has 0 amide bonds. The average Bonchev–Trinajstić information content (AvgIpc) is 2.74. The van der Waals surface area contributed by atoms with Crippen LogP contribution in [0.25, 0.3) is 0 Å². The van der Waals surface area contributed by atoms with Crippen molar-refractivity contribution < 1.29 is 4.74 Å². The van der Waals surface area contributed by atoms with Gasteiger partial charge in [0.25, 0.3) is 0 Å². The lowest BCUT2D eigenvalue weighted by molar-refractivity contribution is -0.116. The highest BCUT2D eigenvalue weighted by Crippen LogP contribution is 2.52. The minimum Gasteiger partial charge on any atom is -0.377 e. The fraction of sp³-hybridized carbons (Fsp3) is 1.00. The van der Waals surface area contributed by atoms with Crippen molar-refractivity contribution in [2.45, 2.75) is 70.6 Å². The normalized spacial score (nSPS) is 42.8. The lowest BCUT2D eigenvalue weighted by atomic mass is 9.57. The number of hydrogen-bond donors (Lipinski definition) is 1.